The summed E-state index contributed by atoms with van der Waals surface area (Å²) in [5.74, 6) is 1.17. The average Bonchev–Trinajstić information content (AvgIpc) is 2.92. The first-order chi connectivity index (χ1) is 10.6. The molecule has 0 spiro atoms. The van der Waals surface area contributed by atoms with Gasteiger partial charge in [-0.1, -0.05) is 6.92 Å². The summed E-state index contributed by atoms with van der Waals surface area (Å²) in [4.78, 5) is 24.1. The number of hydrogen-bond acceptors (Lipinski definition) is 4. The van der Waals surface area contributed by atoms with Crippen molar-refractivity contribution in [1.82, 2.24) is 4.90 Å². The van der Waals surface area contributed by atoms with Gasteiger partial charge >= 0.3 is 6.09 Å². The summed E-state index contributed by atoms with van der Waals surface area (Å²) in [6.45, 7) is 2.31. The number of fused-ring (bicyclic) bond motifs is 3. The molecule has 1 amide bonds. The Balaban J connectivity index is 2.28. The minimum atomic E-state index is -0.958. The fourth-order valence-corrected chi connectivity index (χ4v) is 3.23. The third kappa shape index (κ3) is 1.94. The minimum Gasteiger partial charge on any atom is -0.493 e. The molecule has 116 valence electrons. The maximum atomic E-state index is 11.4. The van der Waals surface area contributed by atoms with E-state index in [0.717, 1.165) is 17.2 Å². The highest BCUT2D eigenvalue weighted by Crippen LogP contribution is 2.42. The normalized spacial score (nSPS) is 17.4. The molecule has 2 aromatic rings. The number of amides is 1. The fraction of sp³-hybridized carbons (Fsp3) is 0.375. The maximum absolute atomic E-state index is 11.4. The topological polar surface area (TPSA) is 80.0 Å². The Morgan fingerprint density at radius 2 is 2.32 bits per heavy atom. The van der Waals surface area contributed by atoms with Crippen LogP contribution in [0.4, 0.5) is 4.79 Å². The number of hydrogen-bond donors (Lipinski definition) is 1. The second kappa shape index (κ2) is 5.36. The second-order valence-electron chi connectivity index (χ2n) is 5.27. The summed E-state index contributed by atoms with van der Waals surface area (Å²) in [5.41, 5.74) is 1.97. The largest absolute Gasteiger partial charge is 0.493 e. The first kappa shape index (κ1) is 14.4. The molecule has 6 heteroatoms. The van der Waals surface area contributed by atoms with E-state index < -0.39 is 6.09 Å². The summed E-state index contributed by atoms with van der Waals surface area (Å²) in [6, 6.07) is 3.06. The highest BCUT2D eigenvalue weighted by atomic mass is 16.5. The van der Waals surface area contributed by atoms with Gasteiger partial charge in [0.2, 0.25) is 0 Å². The van der Waals surface area contributed by atoms with E-state index in [-0.39, 0.29) is 6.04 Å². The summed E-state index contributed by atoms with van der Waals surface area (Å²) in [7, 11) is 1.54. The van der Waals surface area contributed by atoms with Crippen LogP contribution in [0.15, 0.2) is 16.5 Å². The van der Waals surface area contributed by atoms with Gasteiger partial charge in [0, 0.05) is 23.1 Å². The Kier molecular flexibility index (Phi) is 3.52. The number of carboxylic acid groups (broad SMARTS) is 1. The molecule has 0 saturated heterocycles. The Labute approximate surface area is 127 Å². The van der Waals surface area contributed by atoms with Gasteiger partial charge in [-0.15, -0.1) is 0 Å². The lowest BCUT2D eigenvalue weighted by Gasteiger charge is -2.31. The lowest BCUT2D eigenvalue weighted by atomic mass is 9.94. The van der Waals surface area contributed by atoms with E-state index in [1.165, 1.54) is 12.0 Å². The van der Waals surface area contributed by atoms with Crippen molar-refractivity contribution in [2.75, 3.05) is 13.7 Å². The van der Waals surface area contributed by atoms with Crippen molar-refractivity contribution in [3.05, 3.63) is 29.0 Å². The number of rotatable bonds is 3. The SMILES string of the molecule is CCC1c2oc3c(OC)ccc(C=O)c3c2CCN1C(=O)O. The number of nitrogens with zero attached hydrogens (tertiary/aromatic N) is 1. The van der Waals surface area contributed by atoms with Crippen LogP contribution in [0.2, 0.25) is 0 Å². The zero-order chi connectivity index (χ0) is 15.9. The van der Waals surface area contributed by atoms with Gasteiger partial charge in [-0.2, -0.15) is 0 Å². The van der Waals surface area contributed by atoms with Crippen LogP contribution in [0, 0.1) is 0 Å². The van der Waals surface area contributed by atoms with Crippen molar-refractivity contribution in [1.29, 1.82) is 0 Å². The average molecular weight is 303 g/mol. The van der Waals surface area contributed by atoms with E-state index in [9.17, 15) is 14.7 Å². The van der Waals surface area contributed by atoms with Crippen molar-refractivity contribution >= 4 is 23.3 Å². The molecule has 0 aliphatic carbocycles. The molecule has 0 bridgehead atoms. The van der Waals surface area contributed by atoms with Crippen molar-refractivity contribution in [3.63, 3.8) is 0 Å². The zero-order valence-corrected chi connectivity index (χ0v) is 12.5. The molecule has 1 unspecified atom stereocenters. The number of benzene rings is 1. The number of methoxy groups -OCH3 is 1. The molecule has 1 aromatic heterocycles. The van der Waals surface area contributed by atoms with E-state index in [1.54, 1.807) is 12.1 Å². The number of carbonyl (C=O) groups is 2. The molecule has 1 aliphatic rings. The summed E-state index contributed by atoms with van der Waals surface area (Å²) in [6.07, 6.45) is 0.972. The van der Waals surface area contributed by atoms with Crippen LogP contribution in [0.5, 0.6) is 5.75 Å². The number of furan rings is 1. The van der Waals surface area contributed by atoms with E-state index in [2.05, 4.69) is 0 Å². The van der Waals surface area contributed by atoms with Crippen LogP contribution >= 0.6 is 0 Å². The molecule has 0 radical (unpaired) electrons. The van der Waals surface area contributed by atoms with Crippen LogP contribution in [-0.2, 0) is 6.42 Å². The van der Waals surface area contributed by atoms with Gasteiger partial charge in [0.15, 0.2) is 17.6 Å². The third-order valence-corrected chi connectivity index (χ3v) is 4.23. The minimum absolute atomic E-state index is 0.335. The van der Waals surface area contributed by atoms with E-state index in [4.69, 9.17) is 9.15 Å². The number of carbonyl (C=O) groups excluding carboxylic acids is 1. The van der Waals surface area contributed by atoms with Crippen LogP contribution in [-0.4, -0.2) is 36.0 Å². The highest BCUT2D eigenvalue weighted by Gasteiger charge is 2.35. The first-order valence-electron chi connectivity index (χ1n) is 7.19. The molecule has 1 N–H and O–H groups in total. The van der Waals surface area contributed by atoms with Gasteiger partial charge in [0.05, 0.1) is 13.2 Å². The van der Waals surface area contributed by atoms with Gasteiger partial charge in [0.1, 0.15) is 5.76 Å². The number of aldehydes is 1. The second-order valence-corrected chi connectivity index (χ2v) is 5.27. The van der Waals surface area contributed by atoms with E-state index >= 15 is 0 Å². The predicted octanol–water partition coefficient (Wildman–Crippen LogP) is 3.24. The fourth-order valence-electron chi connectivity index (χ4n) is 3.23. The zero-order valence-electron chi connectivity index (χ0n) is 12.5. The Morgan fingerprint density at radius 3 is 2.91 bits per heavy atom. The molecule has 0 saturated carbocycles. The molecule has 22 heavy (non-hydrogen) atoms. The van der Waals surface area contributed by atoms with Crippen molar-refractivity contribution in [2.45, 2.75) is 25.8 Å². The van der Waals surface area contributed by atoms with E-state index in [1.807, 2.05) is 6.92 Å². The van der Waals surface area contributed by atoms with Crippen molar-refractivity contribution < 1.29 is 23.8 Å². The Bertz CT molecular complexity index is 749. The number of ether oxygens (including phenoxy) is 1. The lowest BCUT2D eigenvalue weighted by molar-refractivity contribution is 0.110. The van der Waals surface area contributed by atoms with Gasteiger partial charge in [-0.05, 0) is 25.0 Å². The van der Waals surface area contributed by atoms with Gasteiger partial charge in [-0.3, -0.25) is 9.69 Å². The molecule has 1 atom stereocenters. The smallest absolute Gasteiger partial charge is 0.407 e. The lowest BCUT2D eigenvalue weighted by Crippen LogP contribution is -2.38. The summed E-state index contributed by atoms with van der Waals surface area (Å²) < 4.78 is 11.3. The molecule has 6 nitrogen and oxygen atoms in total. The van der Waals surface area contributed by atoms with Crippen molar-refractivity contribution in [3.8, 4) is 5.75 Å². The molecule has 2 heterocycles. The first-order valence-corrected chi connectivity index (χ1v) is 7.19. The van der Waals surface area contributed by atoms with Crippen LogP contribution in [0.25, 0.3) is 11.0 Å². The Morgan fingerprint density at radius 1 is 1.55 bits per heavy atom. The molecule has 0 fully saturated rings. The van der Waals surface area contributed by atoms with Crippen molar-refractivity contribution in [2.24, 2.45) is 0 Å². The third-order valence-electron chi connectivity index (χ3n) is 4.23. The standard InChI is InChI=1S/C16H17NO5/c1-3-11-14-10(6-7-17(11)16(19)20)13-9(8-18)4-5-12(21-2)15(13)22-14/h4-5,8,11H,3,6-7H2,1-2H3,(H,19,20). The quantitative estimate of drug-likeness (QED) is 0.880. The maximum Gasteiger partial charge on any atom is 0.407 e. The van der Waals surface area contributed by atoms with Gasteiger partial charge < -0.3 is 14.3 Å². The summed E-state index contributed by atoms with van der Waals surface area (Å²) in [5, 5.41) is 10.1. The molecular weight excluding hydrogens is 286 g/mol. The monoisotopic (exact) mass is 303 g/mol. The van der Waals surface area contributed by atoms with Crippen LogP contribution < -0.4 is 4.74 Å². The van der Waals surface area contributed by atoms with E-state index in [0.29, 0.717) is 42.0 Å². The predicted molar refractivity (Wildman–Crippen MR) is 79.6 cm³/mol. The van der Waals surface area contributed by atoms with Crippen LogP contribution in [0.1, 0.15) is 41.1 Å². The molecule has 1 aromatic carbocycles. The Hall–Kier alpha value is -2.50. The van der Waals surface area contributed by atoms with Gasteiger partial charge in [-0.25, -0.2) is 4.79 Å². The molecule has 1 aliphatic heterocycles. The van der Waals surface area contributed by atoms with Gasteiger partial charge in [0.25, 0.3) is 0 Å². The molecule has 3 rings (SSSR count). The molecular formula is C16H17NO5. The highest BCUT2D eigenvalue weighted by molar-refractivity contribution is 6.01. The van der Waals surface area contributed by atoms with Crippen LogP contribution in [0.3, 0.4) is 0 Å². The summed E-state index contributed by atoms with van der Waals surface area (Å²) >= 11 is 0.